The van der Waals surface area contributed by atoms with Crippen LogP contribution in [0, 0.1) is 5.92 Å². The molecule has 19 heavy (non-hydrogen) atoms. The van der Waals surface area contributed by atoms with Gasteiger partial charge in [0.15, 0.2) is 0 Å². The normalized spacial score (nSPS) is 10.7. The van der Waals surface area contributed by atoms with Crippen molar-refractivity contribution >= 4 is 17.5 Å². The van der Waals surface area contributed by atoms with Crippen molar-refractivity contribution in [1.82, 2.24) is 9.88 Å². The van der Waals surface area contributed by atoms with Crippen molar-refractivity contribution in [3.8, 4) is 5.69 Å². The summed E-state index contributed by atoms with van der Waals surface area (Å²) >= 11 is 6.10. The standard InChI is InChI=1S/C15H17ClN2O/c1-11(2)10-17-15(19)13-9-12(5-6-14(13)16)18-7-3-4-8-18/h3-9,11H,10H2,1-2H3,(H,17,19). The van der Waals surface area contributed by atoms with Crippen molar-refractivity contribution in [3.63, 3.8) is 0 Å². The lowest BCUT2D eigenvalue weighted by atomic mass is 10.1. The average molecular weight is 277 g/mol. The maximum Gasteiger partial charge on any atom is 0.252 e. The molecular weight excluding hydrogens is 260 g/mol. The molecule has 0 fully saturated rings. The minimum absolute atomic E-state index is 0.132. The zero-order valence-electron chi connectivity index (χ0n) is 11.1. The Morgan fingerprint density at radius 2 is 2.00 bits per heavy atom. The Bertz CT molecular complexity index is 562. The molecule has 1 N–H and O–H groups in total. The molecule has 0 aliphatic heterocycles. The molecule has 3 nitrogen and oxygen atoms in total. The molecule has 1 aromatic carbocycles. The van der Waals surface area contributed by atoms with Gasteiger partial charge < -0.3 is 9.88 Å². The van der Waals surface area contributed by atoms with E-state index >= 15 is 0 Å². The second-order valence-electron chi connectivity index (χ2n) is 4.86. The number of halogens is 1. The molecule has 1 heterocycles. The van der Waals surface area contributed by atoms with Crippen LogP contribution in [0.3, 0.4) is 0 Å². The van der Waals surface area contributed by atoms with E-state index in [9.17, 15) is 4.79 Å². The summed E-state index contributed by atoms with van der Waals surface area (Å²) in [6, 6.07) is 9.32. The molecule has 0 unspecified atom stereocenters. The van der Waals surface area contributed by atoms with E-state index < -0.39 is 0 Å². The van der Waals surface area contributed by atoms with Gasteiger partial charge in [0.2, 0.25) is 0 Å². The third-order valence-corrected chi connectivity index (χ3v) is 3.10. The predicted molar refractivity (Wildman–Crippen MR) is 78.0 cm³/mol. The molecule has 100 valence electrons. The minimum atomic E-state index is -0.132. The molecule has 0 saturated carbocycles. The van der Waals surface area contributed by atoms with E-state index in [1.807, 2.05) is 35.2 Å². The van der Waals surface area contributed by atoms with Crippen molar-refractivity contribution in [3.05, 3.63) is 53.3 Å². The molecule has 1 amide bonds. The van der Waals surface area contributed by atoms with Crippen LogP contribution in [0.1, 0.15) is 24.2 Å². The van der Waals surface area contributed by atoms with Gasteiger partial charge in [-0.15, -0.1) is 0 Å². The van der Waals surface area contributed by atoms with Gasteiger partial charge in [-0.2, -0.15) is 0 Å². The van der Waals surface area contributed by atoms with Crippen LogP contribution in [-0.2, 0) is 0 Å². The van der Waals surface area contributed by atoms with Gasteiger partial charge in [0, 0.05) is 24.6 Å². The second kappa shape index (κ2) is 5.93. The minimum Gasteiger partial charge on any atom is -0.352 e. The summed E-state index contributed by atoms with van der Waals surface area (Å²) in [6.07, 6.45) is 3.86. The summed E-state index contributed by atoms with van der Waals surface area (Å²) in [6.45, 7) is 4.75. The molecule has 4 heteroatoms. The van der Waals surface area contributed by atoms with Gasteiger partial charge in [-0.3, -0.25) is 4.79 Å². The van der Waals surface area contributed by atoms with E-state index in [1.165, 1.54) is 0 Å². The number of carbonyl (C=O) groups excluding carboxylic acids is 1. The van der Waals surface area contributed by atoms with Crippen molar-refractivity contribution in [2.45, 2.75) is 13.8 Å². The van der Waals surface area contributed by atoms with Crippen LogP contribution in [0.2, 0.25) is 5.02 Å². The van der Waals surface area contributed by atoms with Crippen LogP contribution in [0.5, 0.6) is 0 Å². The van der Waals surface area contributed by atoms with Gasteiger partial charge in [-0.25, -0.2) is 0 Å². The second-order valence-corrected chi connectivity index (χ2v) is 5.27. The van der Waals surface area contributed by atoms with Crippen molar-refractivity contribution < 1.29 is 4.79 Å². The van der Waals surface area contributed by atoms with E-state index in [0.717, 1.165) is 5.69 Å². The van der Waals surface area contributed by atoms with Crippen LogP contribution in [0.15, 0.2) is 42.7 Å². The van der Waals surface area contributed by atoms with E-state index in [1.54, 1.807) is 12.1 Å². The van der Waals surface area contributed by atoms with E-state index in [0.29, 0.717) is 23.0 Å². The molecule has 2 aromatic rings. The number of nitrogens with zero attached hydrogens (tertiary/aromatic N) is 1. The van der Waals surface area contributed by atoms with Gasteiger partial charge in [-0.05, 0) is 36.2 Å². The average Bonchev–Trinajstić information content (AvgIpc) is 2.90. The van der Waals surface area contributed by atoms with E-state index in [-0.39, 0.29) is 5.91 Å². The molecular formula is C15H17ClN2O. The first-order chi connectivity index (χ1) is 9.08. The van der Waals surface area contributed by atoms with Crippen LogP contribution in [0.4, 0.5) is 0 Å². The van der Waals surface area contributed by atoms with Gasteiger partial charge in [0.25, 0.3) is 5.91 Å². The molecule has 0 atom stereocenters. The third kappa shape index (κ3) is 3.38. The number of carbonyl (C=O) groups is 1. The first-order valence-corrected chi connectivity index (χ1v) is 6.67. The number of hydrogen-bond donors (Lipinski definition) is 1. The summed E-state index contributed by atoms with van der Waals surface area (Å²) in [4.78, 5) is 12.1. The Morgan fingerprint density at radius 1 is 1.32 bits per heavy atom. The van der Waals surface area contributed by atoms with Gasteiger partial charge in [0.05, 0.1) is 10.6 Å². The fraction of sp³-hybridized carbons (Fsp3) is 0.267. The molecule has 0 spiro atoms. The summed E-state index contributed by atoms with van der Waals surface area (Å²) in [5.41, 5.74) is 1.43. The Morgan fingerprint density at radius 3 is 2.63 bits per heavy atom. The fourth-order valence-electron chi connectivity index (χ4n) is 1.75. The number of benzene rings is 1. The largest absolute Gasteiger partial charge is 0.352 e. The molecule has 0 aliphatic carbocycles. The highest BCUT2D eigenvalue weighted by atomic mass is 35.5. The topological polar surface area (TPSA) is 34.0 Å². The molecule has 0 saturated heterocycles. The van der Waals surface area contributed by atoms with Crippen LogP contribution in [0.25, 0.3) is 5.69 Å². The monoisotopic (exact) mass is 276 g/mol. The number of rotatable bonds is 4. The van der Waals surface area contributed by atoms with Crippen LogP contribution < -0.4 is 5.32 Å². The zero-order chi connectivity index (χ0) is 13.8. The van der Waals surface area contributed by atoms with E-state index in [2.05, 4.69) is 19.2 Å². The van der Waals surface area contributed by atoms with Crippen molar-refractivity contribution in [2.75, 3.05) is 6.54 Å². The lowest BCUT2D eigenvalue weighted by molar-refractivity contribution is 0.0949. The highest BCUT2D eigenvalue weighted by Gasteiger charge is 2.11. The SMILES string of the molecule is CC(C)CNC(=O)c1cc(-n2cccc2)ccc1Cl. The highest BCUT2D eigenvalue weighted by molar-refractivity contribution is 6.33. The smallest absolute Gasteiger partial charge is 0.252 e. The van der Waals surface area contributed by atoms with E-state index in [4.69, 9.17) is 11.6 Å². The molecule has 0 aliphatic rings. The molecule has 0 radical (unpaired) electrons. The number of amides is 1. The predicted octanol–water partition coefficient (Wildman–Crippen LogP) is 3.52. The Labute approximate surface area is 118 Å². The molecule has 2 rings (SSSR count). The summed E-state index contributed by atoms with van der Waals surface area (Å²) in [5, 5.41) is 3.35. The van der Waals surface area contributed by atoms with Crippen molar-refractivity contribution in [1.29, 1.82) is 0 Å². The Balaban J connectivity index is 2.25. The first kappa shape index (κ1) is 13.7. The lowest BCUT2D eigenvalue weighted by Crippen LogP contribution is -2.27. The number of nitrogens with one attached hydrogen (secondary N) is 1. The number of aromatic nitrogens is 1. The highest BCUT2D eigenvalue weighted by Crippen LogP contribution is 2.20. The maximum atomic E-state index is 12.1. The van der Waals surface area contributed by atoms with Gasteiger partial charge in [-0.1, -0.05) is 25.4 Å². The first-order valence-electron chi connectivity index (χ1n) is 6.29. The fourth-order valence-corrected chi connectivity index (χ4v) is 1.95. The Hall–Kier alpha value is -1.74. The molecule has 1 aromatic heterocycles. The Kier molecular flexibility index (Phi) is 4.27. The lowest BCUT2D eigenvalue weighted by Gasteiger charge is -2.11. The van der Waals surface area contributed by atoms with Gasteiger partial charge in [0.1, 0.15) is 0 Å². The molecule has 0 bridgehead atoms. The zero-order valence-corrected chi connectivity index (χ0v) is 11.8. The quantitative estimate of drug-likeness (QED) is 0.911. The summed E-state index contributed by atoms with van der Waals surface area (Å²) < 4.78 is 1.94. The van der Waals surface area contributed by atoms with Gasteiger partial charge >= 0.3 is 0 Å². The maximum absolute atomic E-state index is 12.1. The number of hydrogen-bond acceptors (Lipinski definition) is 1. The van der Waals surface area contributed by atoms with Crippen LogP contribution in [-0.4, -0.2) is 17.0 Å². The third-order valence-electron chi connectivity index (χ3n) is 2.77. The summed E-state index contributed by atoms with van der Waals surface area (Å²) in [5.74, 6) is 0.281. The summed E-state index contributed by atoms with van der Waals surface area (Å²) in [7, 11) is 0. The van der Waals surface area contributed by atoms with Crippen LogP contribution >= 0.6 is 11.6 Å². The van der Waals surface area contributed by atoms with Crippen molar-refractivity contribution in [2.24, 2.45) is 5.92 Å².